The van der Waals surface area contributed by atoms with Crippen molar-refractivity contribution >= 4 is 0 Å². The second-order valence-corrected chi connectivity index (χ2v) is 5.97. The third-order valence-corrected chi connectivity index (χ3v) is 4.50. The number of nitrogens with one attached hydrogen (secondary N) is 1. The van der Waals surface area contributed by atoms with Crippen LogP contribution >= 0.6 is 0 Å². The lowest BCUT2D eigenvalue weighted by Crippen LogP contribution is -2.31. The molecule has 18 heavy (non-hydrogen) atoms. The predicted molar refractivity (Wildman–Crippen MR) is 75.4 cm³/mol. The van der Waals surface area contributed by atoms with Crippen LogP contribution in [0.15, 0.2) is 22.8 Å². The van der Waals surface area contributed by atoms with Gasteiger partial charge in [-0.25, -0.2) is 0 Å². The van der Waals surface area contributed by atoms with Crippen molar-refractivity contribution in [3.8, 4) is 0 Å². The Bertz CT molecular complexity index is 323. The van der Waals surface area contributed by atoms with Gasteiger partial charge in [0.15, 0.2) is 0 Å². The standard InChI is InChI=1S/C16H27NO/c1-4-17-16(15-6-5-11-18-15)14-9-7-13(8-10-14)12(2)3/h5-6,11-14,16-17H,4,7-10H2,1-3H3. The maximum Gasteiger partial charge on any atom is 0.120 e. The molecule has 0 radical (unpaired) electrons. The van der Waals surface area contributed by atoms with Crippen molar-refractivity contribution in [2.45, 2.75) is 52.5 Å². The van der Waals surface area contributed by atoms with Gasteiger partial charge in [-0.2, -0.15) is 0 Å². The Labute approximate surface area is 111 Å². The van der Waals surface area contributed by atoms with Gasteiger partial charge in [0.25, 0.3) is 0 Å². The first-order chi connectivity index (χ1) is 8.72. The maximum atomic E-state index is 5.61. The van der Waals surface area contributed by atoms with E-state index in [0.717, 1.165) is 30.1 Å². The monoisotopic (exact) mass is 249 g/mol. The topological polar surface area (TPSA) is 25.2 Å². The summed E-state index contributed by atoms with van der Waals surface area (Å²) in [5.41, 5.74) is 0. The van der Waals surface area contributed by atoms with E-state index >= 15 is 0 Å². The van der Waals surface area contributed by atoms with Crippen LogP contribution in [0.25, 0.3) is 0 Å². The molecule has 1 N–H and O–H groups in total. The Morgan fingerprint density at radius 2 is 1.89 bits per heavy atom. The van der Waals surface area contributed by atoms with Crippen LogP contribution in [0.3, 0.4) is 0 Å². The summed E-state index contributed by atoms with van der Waals surface area (Å²) in [7, 11) is 0. The molecule has 2 heteroatoms. The van der Waals surface area contributed by atoms with Crippen LogP contribution in [0.5, 0.6) is 0 Å². The molecule has 0 spiro atoms. The Balaban J connectivity index is 1.97. The molecule has 1 fully saturated rings. The molecule has 102 valence electrons. The van der Waals surface area contributed by atoms with Gasteiger partial charge in [0, 0.05) is 0 Å². The largest absolute Gasteiger partial charge is 0.468 e. The summed E-state index contributed by atoms with van der Waals surface area (Å²) < 4.78 is 5.61. The van der Waals surface area contributed by atoms with Gasteiger partial charge in [0.1, 0.15) is 5.76 Å². The van der Waals surface area contributed by atoms with Crippen molar-refractivity contribution in [1.29, 1.82) is 0 Å². The van der Waals surface area contributed by atoms with E-state index < -0.39 is 0 Å². The maximum absolute atomic E-state index is 5.61. The second kappa shape index (κ2) is 6.42. The molecule has 2 rings (SSSR count). The molecule has 0 aromatic carbocycles. The average molecular weight is 249 g/mol. The van der Waals surface area contributed by atoms with Crippen LogP contribution in [0.2, 0.25) is 0 Å². The van der Waals surface area contributed by atoms with Gasteiger partial charge in [-0.1, -0.05) is 20.8 Å². The van der Waals surface area contributed by atoms with Crippen LogP contribution in [-0.2, 0) is 0 Å². The molecule has 1 aromatic rings. The van der Waals surface area contributed by atoms with Gasteiger partial charge in [0.2, 0.25) is 0 Å². The van der Waals surface area contributed by atoms with E-state index in [1.165, 1.54) is 25.7 Å². The minimum absolute atomic E-state index is 0.415. The van der Waals surface area contributed by atoms with Crippen LogP contribution < -0.4 is 5.32 Å². The zero-order chi connectivity index (χ0) is 13.0. The van der Waals surface area contributed by atoms with Gasteiger partial charge in [-0.3, -0.25) is 0 Å². The average Bonchev–Trinajstić information content (AvgIpc) is 2.90. The highest BCUT2D eigenvalue weighted by atomic mass is 16.3. The quantitative estimate of drug-likeness (QED) is 0.837. The van der Waals surface area contributed by atoms with E-state index in [0.29, 0.717) is 6.04 Å². The predicted octanol–water partition coefficient (Wildman–Crippen LogP) is 4.39. The van der Waals surface area contributed by atoms with Crippen molar-refractivity contribution in [3.05, 3.63) is 24.2 Å². The number of furan rings is 1. The van der Waals surface area contributed by atoms with Crippen LogP contribution in [0, 0.1) is 17.8 Å². The Kier molecular flexibility index (Phi) is 4.87. The van der Waals surface area contributed by atoms with Gasteiger partial charge in [0.05, 0.1) is 12.3 Å². The molecule has 1 unspecified atom stereocenters. The van der Waals surface area contributed by atoms with Crippen molar-refractivity contribution in [2.24, 2.45) is 17.8 Å². The Morgan fingerprint density at radius 1 is 1.22 bits per heavy atom. The van der Waals surface area contributed by atoms with E-state index in [9.17, 15) is 0 Å². The first-order valence-corrected chi connectivity index (χ1v) is 7.49. The van der Waals surface area contributed by atoms with Gasteiger partial charge < -0.3 is 9.73 Å². The molecule has 1 atom stereocenters. The van der Waals surface area contributed by atoms with E-state index in [1.807, 2.05) is 6.07 Å². The summed E-state index contributed by atoms with van der Waals surface area (Å²) in [6, 6.07) is 4.53. The van der Waals surface area contributed by atoms with Crippen molar-refractivity contribution < 1.29 is 4.42 Å². The highest BCUT2D eigenvalue weighted by molar-refractivity contribution is 5.06. The first-order valence-electron chi connectivity index (χ1n) is 7.49. The third kappa shape index (κ3) is 3.17. The van der Waals surface area contributed by atoms with Gasteiger partial charge in [-0.05, 0) is 62.1 Å². The highest BCUT2D eigenvalue weighted by Crippen LogP contribution is 2.39. The molecule has 1 aliphatic carbocycles. The van der Waals surface area contributed by atoms with E-state index in [4.69, 9.17) is 4.42 Å². The first kappa shape index (κ1) is 13.7. The van der Waals surface area contributed by atoms with Crippen molar-refractivity contribution in [3.63, 3.8) is 0 Å². The smallest absolute Gasteiger partial charge is 0.120 e. The highest BCUT2D eigenvalue weighted by Gasteiger charge is 2.30. The van der Waals surface area contributed by atoms with Crippen LogP contribution in [0.4, 0.5) is 0 Å². The minimum Gasteiger partial charge on any atom is -0.468 e. The number of hydrogen-bond acceptors (Lipinski definition) is 2. The van der Waals surface area contributed by atoms with E-state index in [2.05, 4.69) is 32.2 Å². The lowest BCUT2D eigenvalue weighted by Gasteiger charge is -2.35. The Morgan fingerprint density at radius 3 is 2.39 bits per heavy atom. The third-order valence-electron chi connectivity index (χ3n) is 4.50. The number of hydrogen-bond donors (Lipinski definition) is 1. The van der Waals surface area contributed by atoms with Gasteiger partial charge >= 0.3 is 0 Å². The fourth-order valence-electron chi connectivity index (χ4n) is 3.33. The molecular weight excluding hydrogens is 222 g/mol. The molecule has 0 aliphatic heterocycles. The summed E-state index contributed by atoms with van der Waals surface area (Å²) in [5.74, 6) is 3.63. The summed E-state index contributed by atoms with van der Waals surface area (Å²) in [5, 5.41) is 3.61. The number of rotatable bonds is 5. The SMILES string of the molecule is CCNC(c1ccco1)C1CCC(C(C)C)CC1. The summed E-state index contributed by atoms with van der Waals surface area (Å²) in [4.78, 5) is 0. The van der Waals surface area contributed by atoms with Crippen molar-refractivity contribution in [2.75, 3.05) is 6.54 Å². The molecule has 2 nitrogen and oxygen atoms in total. The molecule has 0 bridgehead atoms. The van der Waals surface area contributed by atoms with Gasteiger partial charge in [-0.15, -0.1) is 0 Å². The summed E-state index contributed by atoms with van der Waals surface area (Å²) in [6.07, 6.45) is 7.22. The van der Waals surface area contributed by atoms with E-state index in [-0.39, 0.29) is 0 Å². The molecule has 0 amide bonds. The molecule has 1 heterocycles. The fraction of sp³-hybridized carbons (Fsp3) is 0.750. The fourth-order valence-corrected chi connectivity index (χ4v) is 3.33. The zero-order valence-corrected chi connectivity index (χ0v) is 12.0. The summed E-state index contributed by atoms with van der Waals surface area (Å²) >= 11 is 0. The molecule has 1 saturated carbocycles. The van der Waals surface area contributed by atoms with Crippen LogP contribution in [0.1, 0.15) is 58.3 Å². The molecule has 0 saturated heterocycles. The molecular formula is C16H27NO. The normalized spacial score (nSPS) is 26.4. The second-order valence-electron chi connectivity index (χ2n) is 5.97. The Hall–Kier alpha value is -0.760. The lowest BCUT2D eigenvalue weighted by atomic mass is 9.74. The summed E-state index contributed by atoms with van der Waals surface area (Å²) in [6.45, 7) is 7.91. The molecule has 1 aliphatic rings. The minimum atomic E-state index is 0.415. The lowest BCUT2D eigenvalue weighted by molar-refractivity contribution is 0.178. The van der Waals surface area contributed by atoms with Crippen LogP contribution in [-0.4, -0.2) is 6.54 Å². The molecule has 1 aromatic heterocycles. The van der Waals surface area contributed by atoms with Crippen molar-refractivity contribution in [1.82, 2.24) is 5.32 Å². The van der Waals surface area contributed by atoms with E-state index in [1.54, 1.807) is 6.26 Å². The zero-order valence-electron chi connectivity index (χ0n) is 12.0.